The number of amidine groups is 1. The average molecular weight is 225 g/mol. The van der Waals surface area contributed by atoms with Crippen molar-refractivity contribution in [3.8, 4) is 0 Å². The third kappa shape index (κ3) is 3.58. The Morgan fingerprint density at radius 1 is 1.53 bits per heavy atom. The molecule has 15 heavy (non-hydrogen) atoms. The maximum absolute atomic E-state index is 12.4. The fourth-order valence-electron chi connectivity index (χ4n) is 1.73. The quantitative estimate of drug-likeness (QED) is 0.319. The average Bonchev–Trinajstić information content (AvgIpc) is 2.17. The van der Waals surface area contributed by atoms with Crippen LogP contribution in [0, 0.1) is 5.92 Å². The van der Waals surface area contributed by atoms with Crippen LogP contribution in [0.25, 0.3) is 0 Å². The Balaban J connectivity index is 2.49. The van der Waals surface area contributed by atoms with Crippen LogP contribution in [0.2, 0.25) is 0 Å². The van der Waals surface area contributed by atoms with Crippen LogP contribution in [0.3, 0.4) is 0 Å². The fourth-order valence-corrected chi connectivity index (χ4v) is 1.73. The zero-order valence-electron chi connectivity index (χ0n) is 8.17. The Labute approximate surface area is 85.5 Å². The van der Waals surface area contributed by atoms with Gasteiger partial charge in [0.15, 0.2) is 5.84 Å². The standard InChI is InChI=1S/C8H14F3N3O/c9-8(10,11)6-2-1-3-14(4-6)5-7(12)13-15/h6,15H,1-5H2,(H2,12,13)/t6-/m1/s1. The van der Waals surface area contributed by atoms with E-state index in [1.54, 1.807) is 4.90 Å². The molecular weight excluding hydrogens is 211 g/mol. The molecule has 0 spiro atoms. The molecule has 1 atom stereocenters. The van der Waals surface area contributed by atoms with E-state index >= 15 is 0 Å². The lowest BCUT2D eigenvalue weighted by Gasteiger charge is -2.33. The molecule has 1 heterocycles. The molecule has 0 unspecified atom stereocenters. The van der Waals surface area contributed by atoms with Gasteiger partial charge < -0.3 is 10.9 Å². The molecular formula is C8H14F3N3O. The minimum absolute atomic E-state index is 0.0576. The number of hydrogen-bond donors (Lipinski definition) is 2. The molecule has 0 aromatic rings. The summed E-state index contributed by atoms with van der Waals surface area (Å²) in [6, 6.07) is 0. The molecule has 1 fully saturated rings. The summed E-state index contributed by atoms with van der Waals surface area (Å²) < 4.78 is 37.2. The van der Waals surface area contributed by atoms with Gasteiger partial charge in [0.1, 0.15) is 0 Å². The van der Waals surface area contributed by atoms with Gasteiger partial charge in [0.25, 0.3) is 0 Å². The molecule has 0 bridgehead atoms. The fraction of sp³-hybridized carbons (Fsp3) is 0.875. The summed E-state index contributed by atoms with van der Waals surface area (Å²) in [6.07, 6.45) is -3.50. The number of rotatable bonds is 2. The van der Waals surface area contributed by atoms with Crippen LogP contribution >= 0.6 is 0 Å². The van der Waals surface area contributed by atoms with Gasteiger partial charge >= 0.3 is 6.18 Å². The highest BCUT2D eigenvalue weighted by atomic mass is 19.4. The monoisotopic (exact) mass is 225 g/mol. The van der Waals surface area contributed by atoms with E-state index in [1.165, 1.54) is 0 Å². The predicted octanol–water partition coefficient (Wildman–Crippen LogP) is 1.01. The van der Waals surface area contributed by atoms with E-state index in [2.05, 4.69) is 5.16 Å². The molecule has 1 saturated heterocycles. The molecule has 7 heteroatoms. The molecule has 0 amide bonds. The third-order valence-electron chi connectivity index (χ3n) is 2.48. The summed E-state index contributed by atoms with van der Waals surface area (Å²) in [7, 11) is 0. The van der Waals surface area contributed by atoms with Crippen LogP contribution in [0.4, 0.5) is 13.2 Å². The van der Waals surface area contributed by atoms with Crippen LogP contribution in [-0.4, -0.2) is 41.8 Å². The van der Waals surface area contributed by atoms with Gasteiger partial charge in [-0.15, -0.1) is 0 Å². The molecule has 0 aliphatic carbocycles. The van der Waals surface area contributed by atoms with E-state index < -0.39 is 12.1 Å². The van der Waals surface area contributed by atoms with Crippen molar-refractivity contribution in [2.24, 2.45) is 16.8 Å². The first kappa shape index (κ1) is 12.1. The smallest absolute Gasteiger partial charge is 0.393 e. The van der Waals surface area contributed by atoms with Gasteiger partial charge in [-0.2, -0.15) is 13.2 Å². The number of nitrogens with two attached hydrogens (primary N) is 1. The number of hydrogen-bond acceptors (Lipinski definition) is 3. The van der Waals surface area contributed by atoms with Crippen LogP contribution in [-0.2, 0) is 0 Å². The van der Waals surface area contributed by atoms with Crippen LogP contribution in [0.1, 0.15) is 12.8 Å². The van der Waals surface area contributed by atoms with Crippen molar-refractivity contribution in [3.05, 3.63) is 0 Å². The van der Waals surface area contributed by atoms with Gasteiger partial charge in [-0.3, -0.25) is 4.90 Å². The minimum atomic E-state index is -4.15. The van der Waals surface area contributed by atoms with Crippen LogP contribution in [0.5, 0.6) is 0 Å². The second-order valence-electron chi connectivity index (χ2n) is 3.71. The first-order valence-corrected chi connectivity index (χ1v) is 4.69. The number of likely N-dealkylation sites (tertiary alicyclic amines) is 1. The largest absolute Gasteiger partial charge is 0.409 e. The van der Waals surface area contributed by atoms with Crippen molar-refractivity contribution >= 4 is 5.84 Å². The lowest BCUT2D eigenvalue weighted by molar-refractivity contribution is -0.186. The Bertz CT molecular complexity index is 242. The van der Waals surface area contributed by atoms with Gasteiger partial charge in [-0.25, -0.2) is 0 Å². The Morgan fingerprint density at radius 3 is 2.73 bits per heavy atom. The summed E-state index contributed by atoms with van der Waals surface area (Å²) in [4.78, 5) is 1.55. The van der Waals surface area contributed by atoms with Crippen molar-refractivity contribution < 1.29 is 18.4 Å². The number of nitrogens with zero attached hydrogens (tertiary/aromatic N) is 2. The summed E-state index contributed by atoms with van der Waals surface area (Å²) in [6.45, 7) is 0.575. The van der Waals surface area contributed by atoms with E-state index in [9.17, 15) is 13.2 Å². The van der Waals surface area contributed by atoms with Gasteiger partial charge in [-0.1, -0.05) is 5.16 Å². The number of alkyl halides is 3. The lowest BCUT2D eigenvalue weighted by Crippen LogP contribution is -2.45. The van der Waals surface area contributed by atoms with Crippen molar-refractivity contribution in [2.75, 3.05) is 19.6 Å². The van der Waals surface area contributed by atoms with E-state index in [0.29, 0.717) is 13.0 Å². The van der Waals surface area contributed by atoms with Crippen molar-refractivity contribution in [1.29, 1.82) is 0 Å². The normalized spacial score (nSPS) is 25.5. The molecule has 1 aliphatic rings. The van der Waals surface area contributed by atoms with Gasteiger partial charge in [0.2, 0.25) is 0 Å². The summed E-state index contributed by atoms with van der Waals surface area (Å²) in [5, 5.41) is 11.0. The van der Waals surface area contributed by atoms with E-state index in [-0.39, 0.29) is 25.3 Å². The van der Waals surface area contributed by atoms with E-state index in [4.69, 9.17) is 10.9 Å². The molecule has 1 aliphatic heterocycles. The molecule has 88 valence electrons. The van der Waals surface area contributed by atoms with Gasteiger partial charge in [0, 0.05) is 6.54 Å². The number of piperidine rings is 1. The summed E-state index contributed by atoms with van der Waals surface area (Å²) in [5.41, 5.74) is 5.24. The van der Waals surface area contributed by atoms with Gasteiger partial charge in [-0.05, 0) is 19.4 Å². The van der Waals surface area contributed by atoms with Crippen molar-refractivity contribution in [3.63, 3.8) is 0 Å². The maximum Gasteiger partial charge on any atom is 0.393 e. The molecule has 0 aromatic heterocycles. The highest BCUT2D eigenvalue weighted by molar-refractivity contribution is 5.81. The molecule has 0 radical (unpaired) electrons. The Morgan fingerprint density at radius 2 is 2.20 bits per heavy atom. The summed E-state index contributed by atoms with van der Waals surface area (Å²) in [5.74, 6) is -1.35. The summed E-state index contributed by atoms with van der Waals surface area (Å²) >= 11 is 0. The SMILES string of the molecule is N/C(CN1CCC[C@@H](C(F)(F)F)C1)=N/O. The topological polar surface area (TPSA) is 61.8 Å². The number of oxime groups is 1. The zero-order valence-corrected chi connectivity index (χ0v) is 8.17. The maximum atomic E-state index is 12.4. The van der Waals surface area contributed by atoms with Crippen LogP contribution < -0.4 is 5.73 Å². The molecule has 3 N–H and O–H groups in total. The Hall–Kier alpha value is -0.980. The van der Waals surface area contributed by atoms with Crippen molar-refractivity contribution in [2.45, 2.75) is 19.0 Å². The predicted molar refractivity (Wildman–Crippen MR) is 48.6 cm³/mol. The second kappa shape index (κ2) is 4.69. The molecule has 4 nitrogen and oxygen atoms in total. The first-order chi connectivity index (χ1) is 6.93. The third-order valence-corrected chi connectivity index (χ3v) is 2.48. The van der Waals surface area contributed by atoms with E-state index in [0.717, 1.165) is 0 Å². The zero-order chi connectivity index (χ0) is 11.5. The van der Waals surface area contributed by atoms with Crippen LogP contribution in [0.15, 0.2) is 5.16 Å². The number of halogens is 3. The molecule has 0 saturated carbocycles. The minimum Gasteiger partial charge on any atom is -0.409 e. The molecule has 0 aromatic carbocycles. The second-order valence-corrected chi connectivity index (χ2v) is 3.71. The first-order valence-electron chi connectivity index (χ1n) is 4.69. The highest BCUT2D eigenvalue weighted by Crippen LogP contribution is 2.32. The van der Waals surface area contributed by atoms with Gasteiger partial charge in [0.05, 0.1) is 12.5 Å². The van der Waals surface area contributed by atoms with Crippen molar-refractivity contribution in [1.82, 2.24) is 4.90 Å². The molecule has 1 rings (SSSR count). The van der Waals surface area contributed by atoms with E-state index in [1.807, 2.05) is 0 Å². The Kier molecular flexibility index (Phi) is 3.78. The lowest BCUT2D eigenvalue weighted by atomic mass is 9.97. The highest BCUT2D eigenvalue weighted by Gasteiger charge is 2.41.